The Morgan fingerprint density at radius 2 is 1.68 bits per heavy atom. The standard InChI is InChI=1S/C22H24N4O2/c1-14(2)23-21(27)19-11-10-17(12-15(19)3)24-22(28)20-13-16(4)26(25-20)18-8-6-5-7-9-18/h5-14H,1-4H3,(H,23,27)(H,24,28). The molecule has 0 atom stereocenters. The van der Waals surface area contributed by atoms with E-state index < -0.39 is 0 Å². The second-order valence-electron chi connectivity index (χ2n) is 7.03. The zero-order valence-electron chi connectivity index (χ0n) is 16.5. The molecule has 2 amide bonds. The Morgan fingerprint density at radius 1 is 0.964 bits per heavy atom. The van der Waals surface area contributed by atoms with Crippen LogP contribution in [-0.4, -0.2) is 27.6 Å². The van der Waals surface area contributed by atoms with Gasteiger partial charge in [-0.1, -0.05) is 18.2 Å². The highest BCUT2D eigenvalue weighted by atomic mass is 16.2. The van der Waals surface area contributed by atoms with Crippen molar-refractivity contribution < 1.29 is 9.59 Å². The number of amides is 2. The second-order valence-corrected chi connectivity index (χ2v) is 7.03. The van der Waals surface area contributed by atoms with Crippen molar-refractivity contribution in [3.63, 3.8) is 0 Å². The first-order chi connectivity index (χ1) is 13.3. The molecule has 0 bridgehead atoms. The molecule has 2 N–H and O–H groups in total. The average Bonchev–Trinajstić information content (AvgIpc) is 3.04. The Hall–Kier alpha value is -3.41. The van der Waals surface area contributed by atoms with Gasteiger partial charge in [-0.05, 0) is 69.7 Å². The molecule has 0 aliphatic carbocycles. The number of aryl methyl sites for hydroxylation is 2. The number of hydrogen-bond acceptors (Lipinski definition) is 3. The largest absolute Gasteiger partial charge is 0.350 e. The minimum atomic E-state index is -0.295. The summed E-state index contributed by atoms with van der Waals surface area (Å²) in [5.41, 5.74) is 4.11. The molecule has 0 spiro atoms. The van der Waals surface area contributed by atoms with E-state index in [2.05, 4.69) is 15.7 Å². The van der Waals surface area contributed by atoms with Crippen LogP contribution in [0.15, 0.2) is 54.6 Å². The lowest BCUT2D eigenvalue weighted by Crippen LogP contribution is -2.30. The van der Waals surface area contributed by atoms with Crippen molar-refractivity contribution in [3.05, 3.63) is 77.1 Å². The number of anilines is 1. The summed E-state index contributed by atoms with van der Waals surface area (Å²) < 4.78 is 1.74. The van der Waals surface area contributed by atoms with Crippen LogP contribution in [0.5, 0.6) is 0 Å². The van der Waals surface area contributed by atoms with Crippen LogP contribution >= 0.6 is 0 Å². The Balaban J connectivity index is 1.77. The van der Waals surface area contributed by atoms with Gasteiger partial charge in [-0.25, -0.2) is 4.68 Å². The summed E-state index contributed by atoms with van der Waals surface area (Å²) in [6.07, 6.45) is 0. The van der Waals surface area contributed by atoms with Gasteiger partial charge in [0.25, 0.3) is 11.8 Å². The molecular weight excluding hydrogens is 352 g/mol. The predicted octanol–water partition coefficient (Wildman–Crippen LogP) is 3.88. The first kappa shape index (κ1) is 19.4. The van der Waals surface area contributed by atoms with Crippen molar-refractivity contribution in [2.45, 2.75) is 33.7 Å². The molecular formula is C22H24N4O2. The van der Waals surface area contributed by atoms with E-state index in [9.17, 15) is 9.59 Å². The molecule has 1 heterocycles. The highest BCUT2D eigenvalue weighted by Crippen LogP contribution is 2.17. The number of rotatable bonds is 5. The fourth-order valence-corrected chi connectivity index (χ4v) is 2.95. The Bertz CT molecular complexity index is 1010. The van der Waals surface area contributed by atoms with Gasteiger partial charge in [-0.3, -0.25) is 9.59 Å². The van der Waals surface area contributed by atoms with Gasteiger partial charge in [0.05, 0.1) is 5.69 Å². The highest BCUT2D eigenvalue weighted by Gasteiger charge is 2.15. The van der Waals surface area contributed by atoms with Gasteiger partial charge in [-0.15, -0.1) is 0 Å². The SMILES string of the molecule is Cc1cc(NC(=O)c2cc(C)n(-c3ccccc3)n2)ccc1C(=O)NC(C)C. The van der Waals surface area contributed by atoms with E-state index in [-0.39, 0.29) is 17.9 Å². The fourth-order valence-electron chi connectivity index (χ4n) is 2.95. The first-order valence-electron chi connectivity index (χ1n) is 9.20. The van der Waals surface area contributed by atoms with Crippen LogP contribution in [0.2, 0.25) is 0 Å². The molecule has 0 fully saturated rings. The number of aromatic nitrogens is 2. The lowest BCUT2D eigenvalue weighted by Gasteiger charge is -2.12. The lowest BCUT2D eigenvalue weighted by atomic mass is 10.1. The summed E-state index contributed by atoms with van der Waals surface area (Å²) in [4.78, 5) is 24.8. The molecule has 144 valence electrons. The second kappa shape index (κ2) is 8.08. The Kier molecular flexibility index (Phi) is 5.59. The first-order valence-corrected chi connectivity index (χ1v) is 9.20. The van der Waals surface area contributed by atoms with Gasteiger partial charge in [-0.2, -0.15) is 5.10 Å². The number of carbonyl (C=O) groups excluding carboxylic acids is 2. The lowest BCUT2D eigenvalue weighted by molar-refractivity contribution is 0.0942. The third-order valence-electron chi connectivity index (χ3n) is 4.27. The number of benzene rings is 2. The van der Waals surface area contributed by atoms with Gasteiger partial charge < -0.3 is 10.6 Å². The summed E-state index contributed by atoms with van der Waals surface area (Å²) in [5.74, 6) is -0.417. The van der Waals surface area contributed by atoms with Gasteiger partial charge in [0, 0.05) is 23.0 Å². The van der Waals surface area contributed by atoms with E-state index in [0.717, 1.165) is 16.9 Å². The van der Waals surface area contributed by atoms with Crippen LogP contribution in [0.3, 0.4) is 0 Å². The number of hydrogen-bond donors (Lipinski definition) is 2. The smallest absolute Gasteiger partial charge is 0.276 e. The number of para-hydroxylation sites is 1. The third kappa shape index (κ3) is 4.28. The Morgan fingerprint density at radius 3 is 2.32 bits per heavy atom. The summed E-state index contributed by atoms with van der Waals surface area (Å²) in [6.45, 7) is 7.58. The minimum absolute atomic E-state index is 0.0641. The molecule has 2 aromatic carbocycles. The molecule has 6 heteroatoms. The zero-order chi connectivity index (χ0) is 20.3. The van der Waals surface area contributed by atoms with E-state index in [0.29, 0.717) is 16.9 Å². The predicted molar refractivity (Wildman–Crippen MR) is 110 cm³/mol. The van der Waals surface area contributed by atoms with Crippen LogP contribution < -0.4 is 10.6 Å². The molecule has 28 heavy (non-hydrogen) atoms. The highest BCUT2D eigenvalue weighted by molar-refractivity contribution is 6.03. The van der Waals surface area contributed by atoms with Gasteiger partial charge in [0.2, 0.25) is 0 Å². The monoisotopic (exact) mass is 376 g/mol. The van der Waals surface area contributed by atoms with Gasteiger partial charge >= 0.3 is 0 Å². The molecule has 3 rings (SSSR count). The maximum Gasteiger partial charge on any atom is 0.276 e. The van der Waals surface area contributed by atoms with E-state index in [1.54, 1.807) is 28.9 Å². The normalized spacial score (nSPS) is 10.8. The zero-order valence-corrected chi connectivity index (χ0v) is 16.5. The number of carbonyl (C=O) groups is 2. The van der Waals surface area contributed by atoms with E-state index in [1.807, 2.05) is 58.0 Å². The van der Waals surface area contributed by atoms with Crippen molar-refractivity contribution in [1.29, 1.82) is 0 Å². The molecule has 0 radical (unpaired) electrons. The van der Waals surface area contributed by atoms with Crippen LogP contribution in [0, 0.1) is 13.8 Å². The van der Waals surface area contributed by atoms with E-state index >= 15 is 0 Å². The van der Waals surface area contributed by atoms with Crippen LogP contribution in [0.1, 0.15) is 46.0 Å². The van der Waals surface area contributed by atoms with Gasteiger partial charge in [0.1, 0.15) is 0 Å². The topological polar surface area (TPSA) is 76.0 Å². The maximum atomic E-state index is 12.6. The van der Waals surface area contributed by atoms with Crippen LogP contribution in [0.25, 0.3) is 5.69 Å². The Labute approximate surface area is 164 Å². The van der Waals surface area contributed by atoms with Crippen LogP contribution in [-0.2, 0) is 0 Å². The van der Waals surface area contributed by atoms with Crippen molar-refractivity contribution in [2.24, 2.45) is 0 Å². The van der Waals surface area contributed by atoms with Crippen LogP contribution in [0.4, 0.5) is 5.69 Å². The average molecular weight is 376 g/mol. The summed E-state index contributed by atoms with van der Waals surface area (Å²) in [6, 6.07) is 16.7. The molecule has 0 saturated heterocycles. The van der Waals surface area contributed by atoms with E-state index in [1.165, 1.54) is 0 Å². The molecule has 0 saturated carbocycles. The molecule has 3 aromatic rings. The molecule has 0 aliphatic rings. The number of nitrogens with zero attached hydrogens (tertiary/aromatic N) is 2. The molecule has 0 aliphatic heterocycles. The number of nitrogens with one attached hydrogen (secondary N) is 2. The molecule has 6 nitrogen and oxygen atoms in total. The van der Waals surface area contributed by atoms with Gasteiger partial charge in [0.15, 0.2) is 5.69 Å². The summed E-state index contributed by atoms with van der Waals surface area (Å²) in [7, 11) is 0. The van der Waals surface area contributed by atoms with E-state index in [4.69, 9.17) is 0 Å². The fraction of sp³-hybridized carbons (Fsp3) is 0.227. The van der Waals surface area contributed by atoms with Crippen molar-refractivity contribution in [1.82, 2.24) is 15.1 Å². The maximum absolute atomic E-state index is 12.6. The van der Waals surface area contributed by atoms with Crippen molar-refractivity contribution in [2.75, 3.05) is 5.32 Å². The third-order valence-corrected chi connectivity index (χ3v) is 4.27. The van der Waals surface area contributed by atoms with Crippen molar-refractivity contribution >= 4 is 17.5 Å². The molecule has 0 unspecified atom stereocenters. The summed E-state index contributed by atoms with van der Waals surface area (Å²) in [5, 5.41) is 10.1. The minimum Gasteiger partial charge on any atom is -0.350 e. The van der Waals surface area contributed by atoms with Crippen molar-refractivity contribution in [3.8, 4) is 5.69 Å². The summed E-state index contributed by atoms with van der Waals surface area (Å²) >= 11 is 0. The molecule has 1 aromatic heterocycles. The quantitative estimate of drug-likeness (QED) is 0.709.